The molecule has 4 heteroatoms. The van der Waals surface area contributed by atoms with Gasteiger partial charge in [-0.25, -0.2) is 0 Å². The minimum Gasteiger partial charge on any atom is -0.493 e. The molecule has 0 saturated heterocycles. The molecule has 1 rings (SSSR count). The van der Waals surface area contributed by atoms with Crippen LogP contribution < -0.4 is 15.2 Å². The molecule has 17 heavy (non-hydrogen) atoms. The predicted molar refractivity (Wildman–Crippen MR) is 66.9 cm³/mol. The maximum atomic E-state index is 11.0. The highest BCUT2D eigenvalue weighted by atomic mass is 16.5. The van der Waals surface area contributed by atoms with Gasteiger partial charge in [-0.15, -0.1) is 0 Å². The van der Waals surface area contributed by atoms with Gasteiger partial charge in [0, 0.05) is 11.1 Å². The second-order valence-electron chi connectivity index (χ2n) is 4.69. The Morgan fingerprint density at radius 3 is 2.18 bits per heavy atom. The van der Waals surface area contributed by atoms with E-state index in [0.29, 0.717) is 23.5 Å². The maximum Gasteiger partial charge on any atom is 0.161 e. The molecule has 4 nitrogen and oxygen atoms in total. The van der Waals surface area contributed by atoms with Crippen LogP contribution in [-0.4, -0.2) is 26.0 Å². The molecule has 0 bridgehead atoms. The summed E-state index contributed by atoms with van der Waals surface area (Å²) in [5, 5.41) is 0. The monoisotopic (exact) mass is 237 g/mol. The van der Waals surface area contributed by atoms with Gasteiger partial charge >= 0.3 is 0 Å². The van der Waals surface area contributed by atoms with Crippen molar-refractivity contribution in [3.8, 4) is 11.5 Å². The number of methoxy groups -OCH3 is 2. The molecule has 94 valence electrons. The van der Waals surface area contributed by atoms with Crippen LogP contribution in [0.3, 0.4) is 0 Å². The fourth-order valence-corrected chi connectivity index (χ4v) is 1.69. The largest absolute Gasteiger partial charge is 0.493 e. The number of rotatable bonds is 5. The predicted octanol–water partition coefficient (Wildman–Crippen LogP) is 1.80. The Bertz CT molecular complexity index is 408. The summed E-state index contributed by atoms with van der Waals surface area (Å²) >= 11 is 0. The average molecular weight is 237 g/mol. The van der Waals surface area contributed by atoms with Crippen molar-refractivity contribution in [3.05, 3.63) is 23.3 Å². The van der Waals surface area contributed by atoms with Crippen LogP contribution in [0.5, 0.6) is 11.5 Å². The molecule has 0 unspecified atom stereocenters. The van der Waals surface area contributed by atoms with E-state index in [1.165, 1.54) is 0 Å². The Hall–Kier alpha value is -1.55. The van der Waals surface area contributed by atoms with Gasteiger partial charge in [-0.1, -0.05) is 0 Å². The van der Waals surface area contributed by atoms with Crippen LogP contribution in [0.1, 0.15) is 29.8 Å². The van der Waals surface area contributed by atoms with E-state index in [0.717, 1.165) is 11.8 Å². The van der Waals surface area contributed by atoms with Crippen molar-refractivity contribution in [2.75, 3.05) is 14.2 Å². The standard InChI is InChI=1S/C13H19NO3/c1-13(2,14)7-9-5-11(16-3)12(17-4)6-10(9)8-15/h5-6,8H,7,14H2,1-4H3. The van der Waals surface area contributed by atoms with Gasteiger partial charge in [-0.05, 0) is 38.0 Å². The zero-order valence-electron chi connectivity index (χ0n) is 10.7. The lowest BCUT2D eigenvalue weighted by atomic mass is 9.93. The molecule has 2 N–H and O–H groups in total. The van der Waals surface area contributed by atoms with Gasteiger partial charge in [0.05, 0.1) is 14.2 Å². The Morgan fingerprint density at radius 1 is 1.24 bits per heavy atom. The minimum absolute atomic E-state index is 0.378. The van der Waals surface area contributed by atoms with Crippen molar-refractivity contribution in [3.63, 3.8) is 0 Å². The van der Waals surface area contributed by atoms with E-state index < -0.39 is 0 Å². The first-order valence-corrected chi connectivity index (χ1v) is 5.40. The van der Waals surface area contributed by atoms with E-state index in [1.54, 1.807) is 26.4 Å². The molecular formula is C13H19NO3. The van der Waals surface area contributed by atoms with Gasteiger partial charge < -0.3 is 15.2 Å². The molecule has 1 aromatic carbocycles. The van der Waals surface area contributed by atoms with Crippen LogP contribution in [0.2, 0.25) is 0 Å². The molecule has 0 aliphatic carbocycles. The third-order valence-corrected chi connectivity index (χ3v) is 2.42. The smallest absolute Gasteiger partial charge is 0.161 e. The molecule has 0 radical (unpaired) electrons. The highest BCUT2D eigenvalue weighted by molar-refractivity contribution is 5.79. The van der Waals surface area contributed by atoms with Gasteiger partial charge in [0.15, 0.2) is 11.5 Å². The Kier molecular flexibility index (Phi) is 4.12. The number of nitrogens with two attached hydrogens (primary N) is 1. The second-order valence-corrected chi connectivity index (χ2v) is 4.69. The molecule has 0 amide bonds. The van der Waals surface area contributed by atoms with E-state index in [1.807, 2.05) is 13.8 Å². The minimum atomic E-state index is -0.378. The van der Waals surface area contributed by atoms with Gasteiger partial charge in [-0.3, -0.25) is 4.79 Å². The number of aldehydes is 1. The van der Waals surface area contributed by atoms with Crippen LogP contribution in [0.25, 0.3) is 0 Å². The van der Waals surface area contributed by atoms with Crippen LogP contribution in [0, 0.1) is 0 Å². The van der Waals surface area contributed by atoms with Crippen molar-refractivity contribution < 1.29 is 14.3 Å². The molecule has 0 aliphatic rings. The molecular weight excluding hydrogens is 218 g/mol. The highest BCUT2D eigenvalue weighted by Gasteiger charge is 2.17. The third kappa shape index (κ3) is 3.46. The second kappa shape index (κ2) is 5.19. The van der Waals surface area contributed by atoms with Crippen molar-refractivity contribution in [2.45, 2.75) is 25.8 Å². The van der Waals surface area contributed by atoms with Crippen LogP contribution in [0.15, 0.2) is 12.1 Å². The Balaban J connectivity index is 3.24. The highest BCUT2D eigenvalue weighted by Crippen LogP contribution is 2.31. The van der Waals surface area contributed by atoms with E-state index in [9.17, 15) is 4.79 Å². The summed E-state index contributed by atoms with van der Waals surface area (Å²) in [6.07, 6.45) is 1.41. The van der Waals surface area contributed by atoms with Gasteiger partial charge in [0.1, 0.15) is 6.29 Å². The lowest BCUT2D eigenvalue weighted by Gasteiger charge is -2.20. The SMILES string of the molecule is COc1cc(C=O)c(CC(C)(C)N)cc1OC. The zero-order chi connectivity index (χ0) is 13.1. The first-order chi connectivity index (χ1) is 7.91. The normalized spacial score (nSPS) is 11.1. The van der Waals surface area contributed by atoms with Crippen molar-refractivity contribution in [2.24, 2.45) is 5.73 Å². The van der Waals surface area contributed by atoms with E-state index >= 15 is 0 Å². The molecule has 0 atom stereocenters. The summed E-state index contributed by atoms with van der Waals surface area (Å²) in [5.41, 5.74) is 7.04. The summed E-state index contributed by atoms with van der Waals surface area (Å²) in [6, 6.07) is 3.48. The fraction of sp³-hybridized carbons (Fsp3) is 0.462. The Labute approximate surface area is 102 Å². The molecule has 0 fully saturated rings. The van der Waals surface area contributed by atoms with Crippen LogP contribution >= 0.6 is 0 Å². The fourth-order valence-electron chi connectivity index (χ4n) is 1.69. The molecule has 0 aromatic heterocycles. The number of ether oxygens (including phenoxy) is 2. The zero-order valence-corrected chi connectivity index (χ0v) is 10.7. The van der Waals surface area contributed by atoms with E-state index in [2.05, 4.69) is 0 Å². The van der Waals surface area contributed by atoms with Crippen LogP contribution in [0.4, 0.5) is 0 Å². The van der Waals surface area contributed by atoms with E-state index in [4.69, 9.17) is 15.2 Å². The summed E-state index contributed by atoms with van der Waals surface area (Å²) in [6.45, 7) is 3.83. The molecule has 1 aromatic rings. The summed E-state index contributed by atoms with van der Waals surface area (Å²) in [4.78, 5) is 11.0. The first kappa shape index (κ1) is 13.5. The van der Waals surface area contributed by atoms with E-state index in [-0.39, 0.29) is 5.54 Å². The van der Waals surface area contributed by atoms with Gasteiger partial charge in [-0.2, -0.15) is 0 Å². The third-order valence-electron chi connectivity index (χ3n) is 2.42. The summed E-state index contributed by atoms with van der Waals surface area (Å²) < 4.78 is 10.4. The van der Waals surface area contributed by atoms with Crippen molar-refractivity contribution in [1.82, 2.24) is 0 Å². The first-order valence-electron chi connectivity index (χ1n) is 5.40. The molecule has 0 spiro atoms. The lowest BCUT2D eigenvalue weighted by Crippen LogP contribution is -2.34. The topological polar surface area (TPSA) is 61.5 Å². The number of carbonyl (C=O) groups is 1. The quantitative estimate of drug-likeness (QED) is 0.793. The summed E-state index contributed by atoms with van der Waals surface area (Å²) in [5.74, 6) is 1.16. The lowest BCUT2D eigenvalue weighted by molar-refractivity contribution is 0.112. The molecule has 0 aliphatic heterocycles. The maximum absolute atomic E-state index is 11.0. The van der Waals surface area contributed by atoms with Crippen molar-refractivity contribution in [1.29, 1.82) is 0 Å². The van der Waals surface area contributed by atoms with Crippen LogP contribution in [-0.2, 0) is 6.42 Å². The number of benzene rings is 1. The number of hydrogen-bond donors (Lipinski definition) is 1. The number of carbonyl (C=O) groups excluding carboxylic acids is 1. The van der Waals surface area contributed by atoms with Gasteiger partial charge in [0.2, 0.25) is 0 Å². The summed E-state index contributed by atoms with van der Waals surface area (Å²) in [7, 11) is 3.11. The molecule has 0 saturated carbocycles. The number of hydrogen-bond acceptors (Lipinski definition) is 4. The Morgan fingerprint density at radius 2 is 1.76 bits per heavy atom. The average Bonchev–Trinajstić information content (AvgIpc) is 2.26. The molecule has 0 heterocycles. The van der Waals surface area contributed by atoms with Gasteiger partial charge in [0.25, 0.3) is 0 Å². The van der Waals surface area contributed by atoms with Crippen molar-refractivity contribution >= 4 is 6.29 Å².